The number of benzene rings is 1. The smallest absolute Gasteiger partial charge is 0.229 e. The summed E-state index contributed by atoms with van der Waals surface area (Å²) in [5.41, 5.74) is 5.20. The Morgan fingerprint density at radius 2 is 2.08 bits per heavy atom. The molecule has 0 fully saturated rings. The Bertz CT molecular complexity index is 1510. The van der Waals surface area contributed by atoms with Crippen LogP contribution in [0.1, 0.15) is 41.0 Å². The summed E-state index contributed by atoms with van der Waals surface area (Å²) in [6, 6.07) is 11.6. The topological polar surface area (TPSA) is 119 Å². The van der Waals surface area contributed by atoms with Crippen molar-refractivity contribution in [2.24, 2.45) is 4.36 Å². The highest BCUT2D eigenvalue weighted by molar-refractivity contribution is 7.92. The van der Waals surface area contributed by atoms with Crippen molar-refractivity contribution in [1.29, 1.82) is 5.26 Å². The number of nitrogens with zero attached hydrogens (tertiary/aromatic N) is 6. The Morgan fingerprint density at radius 3 is 2.89 bits per heavy atom. The van der Waals surface area contributed by atoms with Gasteiger partial charge >= 0.3 is 0 Å². The predicted octanol–water partition coefficient (Wildman–Crippen LogP) is 4.93. The van der Waals surface area contributed by atoms with E-state index in [4.69, 9.17) is 0 Å². The molecule has 2 aliphatic rings. The number of nitrogens with one attached hydrogen (secondary N) is 2. The first-order valence-electron chi connectivity index (χ1n) is 11.7. The molecule has 9 nitrogen and oxygen atoms in total. The van der Waals surface area contributed by atoms with Crippen LogP contribution in [0.5, 0.6) is 0 Å². The number of rotatable bonds is 5. The van der Waals surface area contributed by atoms with Crippen molar-refractivity contribution >= 4 is 44.9 Å². The SMILES string of the molecule is CN1Cc2cc(Nc3ncc(C#N)c(Nc4cccc(N=S(C)(C)=O)n4)n3)cc3c2C(CCC=C3)C1. The molecule has 10 heteroatoms. The minimum atomic E-state index is -2.35. The second kappa shape index (κ2) is 9.68. The van der Waals surface area contributed by atoms with Gasteiger partial charge in [0.25, 0.3) is 0 Å². The van der Waals surface area contributed by atoms with Crippen LogP contribution in [0.15, 0.2) is 47.0 Å². The summed E-state index contributed by atoms with van der Waals surface area (Å²) in [5.74, 6) is 2.02. The molecule has 2 N–H and O–H groups in total. The highest BCUT2D eigenvalue weighted by atomic mass is 32.2. The van der Waals surface area contributed by atoms with Gasteiger partial charge in [-0.3, -0.25) is 0 Å². The Hall–Kier alpha value is -3.81. The Balaban J connectivity index is 1.45. The van der Waals surface area contributed by atoms with Gasteiger partial charge in [-0.2, -0.15) is 14.6 Å². The number of allylic oxidation sites excluding steroid dienone is 1. The lowest BCUT2D eigenvalue weighted by atomic mass is 9.84. The van der Waals surface area contributed by atoms with Crippen LogP contribution >= 0.6 is 0 Å². The van der Waals surface area contributed by atoms with Crippen LogP contribution in [-0.4, -0.2) is 50.2 Å². The summed E-state index contributed by atoms with van der Waals surface area (Å²) in [5, 5.41) is 16.0. The minimum absolute atomic E-state index is 0.281. The molecule has 1 aliphatic heterocycles. The molecule has 0 radical (unpaired) electrons. The summed E-state index contributed by atoms with van der Waals surface area (Å²) in [6.07, 6.45) is 11.3. The molecule has 0 saturated carbocycles. The van der Waals surface area contributed by atoms with E-state index >= 15 is 0 Å². The fourth-order valence-corrected chi connectivity index (χ4v) is 5.33. The third-order valence-corrected chi connectivity index (χ3v) is 6.74. The molecule has 2 aromatic heterocycles. The first-order valence-corrected chi connectivity index (χ1v) is 14.1. The van der Waals surface area contributed by atoms with E-state index in [-0.39, 0.29) is 5.56 Å². The first kappa shape index (κ1) is 23.9. The lowest BCUT2D eigenvalue weighted by Gasteiger charge is -2.33. The fraction of sp³-hybridized carbons (Fsp3) is 0.308. The third-order valence-electron chi connectivity index (χ3n) is 6.12. The van der Waals surface area contributed by atoms with Gasteiger partial charge in [0.15, 0.2) is 11.6 Å². The summed E-state index contributed by atoms with van der Waals surface area (Å²) < 4.78 is 16.2. The quantitative estimate of drug-likeness (QED) is 0.506. The molecular weight excluding hydrogens is 472 g/mol. The maximum atomic E-state index is 12.0. The van der Waals surface area contributed by atoms with Crippen molar-refractivity contribution in [3.8, 4) is 6.07 Å². The first-order chi connectivity index (χ1) is 17.3. The molecular formula is C26H28N8OS. The standard InChI is InChI=1S/C26H28N8OS/c1-34-15-18-8-5-4-7-17-11-21(12-19(16-34)24(17)18)29-26-28-14-20(13-27)25(32-26)31-22-9-6-10-23(30-22)33-36(2,3)35/h4,6-7,9-12,14,18H,5,8,15-16H2,1-3H3,(H2,28,29,30,31,32). The molecule has 1 unspecified atom stereocenters. The van der Waals surface area contributed by atoms with Crippen molar-refractivity contribution in [3.05, 3.63) is 64.9 Å². The second-order valence-electron chi connectivity index (χ2n) is 9.48. The van der Waals surface area contributed by atoms with Crippen LogP contribution < -0.4 is 10.6 Å². The van der Waals surface area contributed by atoms with Crippen LogP contribution in [-0.2, 0) is 16.3 Å². The highest BCUT2D eigenvalue weighted by Crippen LogP contribution is 2.38. The summed E-state index contributed by atoms with van der Waals surface area (Å²) >= 11 is 0. The number of anilines is 4. The molecule has 0 bridgehead atoms. The largest absolute Gasteiger partial charge is 0.324 e. The maximum absolute atomic E-state index is 12.0. The van der Waals surface area contributed by atoms with Crippen LogP contribution in [0, 0.1) is 11.3 Å². The van der Waals surface area contributed by atoms with E-state index in [1.54, 1.807) is 30.7 Å². The van der Waals surface area contributed by atoms with Crippen molar-refractivity contribution in [3.63, 3.8) is 0 Å². The zero-order valence-electron chi connectivity index (χ0n) is 20.5. The van der Waals surface area contributed by atoms with Crippen LogP contribution in [0.3, 0.4) is 0 Å². The Morgan fingerprint density at radius 1 is 1.22 bits per heavy atom. The van der Waals surface area contributed by atoms with Crippen molar-refractivity contribution < 1.29 is 4.21 Å². The average molecular weight is 501 g/mol. The van der Waals surface area contributed by atoms with Gasteiger partial charge in [0.2, 0.25) is 5.95 Å². The molecule has 0 saturated heterocycles. The number of nitriles is 1. The number of aromatic nitrogens is 3. The van der Waals surface area contributed by atoms with Crippen LogP contribution in [0.2, 0.25) is 0 Å². The van der Waals surface area contributed by atoms with Gasteiger partial charge in [0.1, 0.15) is 17.5 Å². The molecule has 5 rings (SSSR count). The van der Waals surface area contributed by atoms with E-state index in [0.29, 0.717) is 29.3 Å². The zero-order valence-corrected chi connectivity index (χ0v) is 21.3. The Kier molecular flexibility index (Phi) is 6.43. The molecule has 184 valence electrons. The van der Waals surface area contributed by atoms with E-state index < -0.39 is 9.73 Å². The third kappa shape index (κ3) is 5.37. The van der Waals surface area contributed by atoms with Crippen molar-refractivity contribution in [2.75, 3.05) is 36.7 Å². The molecule has 36 heavy (non-hydrogen) atoms. The van der Waals surface area contributed by atoms with E-state index in [1.807, 2.05) is 0 Å². The van der Waals surface area contributed by atoms with Gasteiger partial charge in [0, 0.05) is 41.0 Å². The molecule has 0 spiro atoms. The van der Waals surface area contributed by atoms with E-state index in [1.165, 1.54) is 22.9 Å². The van der Waals surface area contributed by atoms with E-state index in [0.717, 1.165) is 31.6 Å². The van der Waals surface area contributed by atoms with E-state index in [2.05, 4.69) is 72.2 Å². The molecule has 3 aromatic rings. The number of hydrogen-bond acceptors (Lipinski definition) is 9. The van der Waals surface area contributed by atoms with Gasteiger partial charge in [-0.15, -0.1) is 0 Å². The molecule has 1 aromatic carbocycles. The number of likely N-dealkylation sites (N-methyl/N-ethyl adjacent to an activating group) is 1. The van der Waals surface area contributed by atoms with Gasteiger partial charge < -0.3 is 15.5 Å². The zero-order chi connectivity index (χ0) is 25.3. The highest BCUT2D eigenvalue weighted by Gasteiger charge is 2.27. The normalized spacial score (nSPS) is 17.0. The monoisotopic (exact) mass is 500 g/mol. The van der Waals surface area contributed by atoms with Crippen LogP contribution in [0.4, 0.5) is 29.1 Å². The van der Waals surface area contributed by atoms with Crippen LogP contribution in [0.25, 0.3) is 6.08 Å². The number of pyridine rings is 1. The summed E-state index contributed by atoms with van der Waals surface area (Å²) in [4.78, 5) is 15.7. The van der Waals surface area contributed by atoms with Gasteiger partial charge in [-0.05, 0) is 66.8 Å². The van der Waals surface area contributed by atoms with Gasteiger partial charge in [-0.25, -0.2) is 14.2 Å². The lowest BCUT2D eigenvalue weighted by molar-refractivity contribution is 0.275. The predicted molar refractivity (Wildman–Crippen MR) is 143 cm³/mol. The Labute approximate surface area is 211 Å². The summed E-state index contributed by atoms with van der Waals surface area (Å²) in [6.45, 7) is 1.98. The van der Waals surface area contributed by atoms with Crippen molar-refractivity contribution in [2.45, 2.75) is 25.3 Å². The number of hydrogen-bond donors (Lipinski definition) is 2. The molecule has 0 amide bonds. The van der Waals surface area contributed by atoms with Crippen molar-refractivity contribution in [1.82, 2.24) is 19.9 Å². The molecule has 1 aliphatic carbocycles. The molecule has 3 heterocycles. The maximum Gasteiger partial charge on any atom is 0.229 e. The van der Waals surface area contributed by atoms with E-state index in [9.17, 15) is 9.47 Å². The summed E-state index contributed by atoms with van der Waals surface area (Å²) in [7, 11) is -0.185. The van der Waals surface area contributed by atoms with Gasteiger partial charge in [0.05, 0.1) is 6.20 Å². The second-order valence-corrected chi connectivity index (χ2v) is 12.0. The van der Waals surface area contributed by atoms with Gasteiger partial charge in [-0.1, -0.05) is 18.2 Å². The fourth-order valence-electron chi connectivity index (χ4n) is 4.78. The lowest BCUT2D eigenvalue weighted by Crippen LogP contribution is -2.30. The molecule has 1 atom stereocenters. The average Bonchev–Trinajstić information content (AvgIpc) is 3.01. The minimum Gasteiger partial charge on any atom is -0.324 e.